The third-order valence-electron chi connectivity index (χ3n) is 2.58. The zero-order chi connectivity index (χ0) is 13.1. The van der Waals surface area contributed by atoms with E-state index in [1.807, 2.05) is 18.7 Å². The summed E-state index contributed by atoms with van der Waals surface area (Å²) in [4.78, 5) is 11.7. The molecule has 0 saturated heterocycles. The highest BCUT2D eigenvalue weighted by Gasteiger charge is 2.14. The van der Waals surface area contributed by atoms with Crippen molar-refractivity contribution in [2.45, 2.75) is 59.0 Å². The van der Waals surface area contributed by atoms with Gasteiger partial charge in [-0.05, 0) is 26.0 Å². The SMILES string of the molecule is CCCCCNC(=O)C(C)NC(C)CSCC. The maximum atomic E-state index is 11.7. The van der Waals surface area contributed by atoms with Gasteiger partial charge in [-0.25, -0.2) is 0 Å². The summed E-state index contributed by atoms with van der Waals surface area (Å²) in [6.45, 7) is 9.18. The van der Waals surface area contributed by atoms with E-state index in [4.69, 9.17) is 0 Å². The van der Waals surface area contributed by atoms with Crippen molar-refractivity contribution in [3.8, 4) is 0 Å². The Kier molecular flexibility index (Phi) is 10.8. The fourth-order valence-electron chi connectivity index (χ4n) is 1.58. The first-order valence-electron chi connectivity index (χ1n) is 6.73. The standard InChI is InChI=1S/C13H28N2OS/c1-5-7-8-9-14-13(16)12(4)15-11(3)10-17-6-2/h11-12,15H,5-10H2,1-4H3,(H,14,16). The van der Waals surface area contributed by atoms with E-state index >= 15 is 0 Å². The van der Waals surface area contributed by atoms with Gasteiger partial charge in [0, 0.05) is 18.3 Å². The Labute approximate surface area is 111 Å². The summed E-state index contributed by atoms with van der Waals surface area (Å²) in [6, 6.07) is 0.292. The van der Waals surface area contributed by atoms with E-state index in [0.29, 0.717) is 6.04 Å². The summed E-state index contributed by atoms with van der Waals surface area (Å²) in [5.41, 5.74) is 0. The molecule has 0 radical (unpaired) electrons. The molecule has 102 valence electrons. The molecule has 0 bridgehead atoms. The Morgan fingerprint density at radius 1 is 1.24 bits per heavy atom. The van der Waals surface area contributed by atoms with Crippen molar-refractivity contribution in [1.29, 1.82) is 0 Å². The Hall–Kier alpha value is -0.220. The molecule has 2 unspecified atom stereocenters. The molecule has 0 aliphatic rings. The molecule has 0 rings (SSSR count). The first-order valence-corrected chi connectivity index (χ1v) is 7.88. The minimum Gasteiger partial charge on any atom is -0.355 e. The van der Waals surface area contributed by atoms with Crippen LogP contribution >= 0.6 is 11.8 Å². The van der Waals surface area contributed by atoms with Crippen LogP contribution in [0.15, 0.2) is 0 Å². The van der Waals surface area contributed by atoms with Gasteiger partial charge in [0.25, 0.3) is 0 Å². The molecule has 0 aliphatic carbocycles. The lowest BCUT2D eigenvalue weighted by Crippen LogP contribution is -2.46. The third kappa shape index (κ3) is 9.48. The van der Waals surface area contributed by atoms with E-state index in [-0.39, 0.29) is 11.9 Å². The predicted molar refractivity (Wildman–Crippen MR) is 77.6 cm³/mol. The summed E-state index contributed by atoms with van der Waals surface area (Å²) in [7, 11) is 0. The van der Waals surface area contributed by atoms with Crippen LogP contribution in [0.4, 0.5) is 0 Å². The molecular formula is C13H28N2OS. The highest BCUT2D eigenvalue weighted by atomic mass is 32.2. The Morgan fingerprint density at radius 2 is 1.94 bits per heavy atom. The number of hydrogen-bond acceptors (Lipinski definition) is 3. The van der Waals surface area contributed by atoms with E-state index in [0.717, 1.165) is 24.5 Å². The molecule has 0 aliphatic heterocycles. The van der Waals surface area contributed by atoms with Crippen LogP contribution in [0.25, 0.3) is 0 Å². The summed E-state index contributed by atoms with van der Waals surface area (Å²) in [6.07, 6.45) is 3.46. The van der Waals surface area contributed by atoms with E-state index in [1.165, 1.54) is 12.8 Å². The van der Waals surface area contributed by atoms with Crippen LogP contribution < -0.4 is 10.6 Å². The number of nitrogens with one attached hydrogen (secondary N) is 2. The Bertz CT molecular complexity index is 200. The van der Waals surface area contributed by atoms with Crippen LogP contribution in [0.3, 0.4) is 0 Å². The van der Waals surface area contributed by atoms with Gasteiger partial charge in [0.05, 0.1) is 6.04 Å². The molecule has 2 atom stereocenters. The van der Waals surface area contributed by atoms with E-state index in [2.05, 4.69) is 31.4 Å². The topological polar surface area (TPSA) is 41.1 Å². The summed E-state index contributed by atoms with van der Waals surface area (Å²) in [5, 5.41) is 6.29. The van der Waals surface area contributed by atoms with Crippen molar-refractivity contribution < 1.29 is 4.79 Å². The minimum atomic E-state index is -0.0934. The second-order valence-electron chi connectivity index (χ2n) is 4.45. The molecular weight excluding hydrogens is 232 g/mol. The van der Waals surface area contributed by atoms with Crippen LogP contribution in [0, 0.1) is 0 Å². The minimum absolute atomic E-state index is 0.0934. The van der Waals surface area contributed by atoms with Crippen molar-refractivity contribution in [2.75, 3.05) is 18.1 Å². The second-order valence-corrected chi connectivity index (χ2v) is 5.77. The van der Waals surface area contributed by atoms with Gasteiger partial charge in [-0.15, -0.1) is 0 Å². The molecule has 17 heavy (non-hydrogen) atoms. The predicted octanol–water partition coefficient (Wildman–Crippen LogP) is 2.41. The summed E-state index contributed by atoms with van der Waals surface area (Å²) in [5.74, 6) is 2.31. The van der Waals surface area contributed by atoms with Crippen LogP contribution in [0.1, 0.15) is 47.0 Å². The average molecular weight is 260 g/mol. The van der Waals surface area contributed by atoms with Gasteiger partial charge in [-0.2, -0.15) is 11.8 Å². The first kappa shape index (κ1) is 16.8. The zero-order valence-corrected chi connectivity index (χ0v) is 12.5. The van der Waals surface area contributed by atoms with Crippen molar-refractivity contribution >= 4 is 17.7 Å². The fourth-order valence-corrected chi connectivity index (χ4v) is 2.27. The molecule has 0 saturated carbocycles. The normalized spacial score (nSPS) is 14.4. The molecule has 2 N–H and O–H groups in total. The van der Waals surface area contributed by atoms with Crippen LogP contribution in [0.2, 0.25) is 0 Å². The Balaban J connectivity index is 3.65. The first-order chi connectivity index (χ1) is 8.11. The van der Waals surface area contributed by atoms with E-state index in [9.17, 15) is 4.79 Å². The maximum absolute atomic E-state index is 11.7. The molecule has 4 heteroatoms. The summed E-state index contributed by atoms with van der Waals surface area (Å²) >= 11 is 1.90. The third-order valence-corrected chi connectivity index (χ3v) is 3.72. The van der Waals surface area contributed by atoms with Crippen LogP contribution in [-0.2, 0) is 4.79 Å². The number of carbonyl (C=O) groups is 1. The number of thioether (sulfide) groups is 1. The van der Waals surface area contributed by atoms with Gasteiger partial charge in [-0.3, -0.25) is 4.79 Å². The molecule has 1 amide bonds. The fraction of sp³-hybridized carbons (Fsp3) is 0.923. The molecule has 3 nitrogen and oxygen atoms in total. The number of amides is 1. The van der Waals surface area contributed by atoms with Gasteiger partial charge >= 0.3 is 0 Å². The van der Waals surface area contributed by atoms with Gasteiger partial charge in [0.1, 0.15) is 0 Å². The molecule has 0 aromatic rings. The van der Waals surface area contributed by atoms with Gasteiger partial charge in [0.2, 0.25) is 5.91 Å². The van der Waals surface area contributed by atoms with Gasteiger partial charge < -0.3 is 10.6 Å². The van der Waals surface area contributed by atoms with Crippen molar-refractivity contribution in [1.82, 2.24) is 10.6 Å². The number of rotatable bonds is 10. The number of carbonyl (C=O) groups excluding carboxylic acids is 1. The quantitative estimate of drug-likeness (QED) is 0.593. The van der Waals surface area contributed by atoms with Gasteiger partial charge in [-0.1, -0.05) is 26.7 Å². The van der Waals surface area contributed by atoms with E-state index in [1.54, 1.807) is 0 Å². The van der Waals surface area contributed by atoms with Crippen LogP contribution in [-0.4, -0.2) is 36.0 Å². The van der Waals surface area contributed by atoms with E-state index < -0.39 is 0 Å². The van der Waals surface area contributed by atoms with Crippen LogP contribution in [0.5, 0.6) is 0 Å². The highest BCUT2D eigenvalue weighted by molar-refractivity contribution is 7.99. The van der Waals surface area contributed by atoms with Crippen molar-refractivity contribution in [3.63, 3.8) is 0 Å². The maximum Gasteiger partial charge on any atom is 0.236 e. The molecule has 0 spiro atoms. The average Bonchev–Trinajstić information content (AvgIpc) is 2.31. The lowest BCUT2D eigenvalue weighted by atomic mass is 10.2. The smallest absolute Gasteiger partial charge is 0.236 e. The lowest BCUT2D eigenvalue weighted by Gasteiger charge is -2.19. The number of hydrogen-bond donors (Lipinski definition) is 2. The molecule has 0 aromatic carbocycles. The highest BCUT2D eigenvalue weighted by Crippen LogP contribution is 2.02. The largest absolute Gasteiger partial charge is 0.355 e. The zero-order valence-electron chi connectivity index (χ0n) is 11.7. The van der Waals surface area contributed by atoms with Gasteiger partial charge in [0.15, 0.2) is 0 Å². The monoisotopic (exact) mass is 260 g/mol. The van der Waals surface area contributed by atoms with Crippen molar-refractivity contribution in [2.24, 2.45) is 0 Å². The second kappa shape index (κ2) is 10.9. The molecule has 0 heterocycles. The molecule has 0 aromatic heterocycles. The summed E-state index contributed by atoms with van der Waals surface area (Å²) < 4.78 is 0. The van der Waals surface area contributed by atoms with Crippen molar-refractivity contribution in [3.05, 3.63) is 0 Å². The lowest BCUT2D eigenvalue weighted by molar-refractivity contribution is -0.122. The number of unbranched alkanes of at least 4 members (excludes halogenated alkanes) is 2. The Morgan fingerprint density at radius 3 is 2.53 bits per heavy atom. The molecule has 0 fully saturated rings.